The molecule has 0 saturated heterocycles. The van der Waals surface area contributed by atoms with Crippen LogP contribution in [0.25, 0.3) is 0 Å². The van der Waals surface area contributed by atoms with Gasteiger partial charge >= 0.3 is 0 Å². The molecule has 9 heteroatoms. The van der Waals surface area contributed by atoms with E-state index >= 15 is 0 Å². The molecule has 1 unspecified atom stereocenters. The van der Waals surface area contributed by atoms with Crippen molar-refractivity contribution in [1.82, 2.24) is 9.97 Å². The lowest BCUT2D eigenvalue weighted by molar-refractivity contribution is -0.119. The van der Waals surface area contributed by atoms with Crippen LogP contribution in [0.4, 0.5) is 11.6 Å². The second-order valence-corrected chi connectivity index (χ2v) is 10.1. The zero-order valence-electron chi connectivity index (χ0n) is 20.4. The first-order chi connectivity index (χ1) is 17.9. The molecule has 0 radical (unpaired) electrons. The van der Waals surface area contributed by atoms with Gasteiger partial charge in [0.25, 0.3) is 10.0 Å². The number of carbonyl (C=O) groups is 1. The number of nitrogens with one attached hydrogen (secondary N) is 2. The van der Waals surface area contributed by atoms with Crippen molar-refractivity contribution in [1.29, 1.82) is 0 Å². The fourth-order valence-corrected chi connectivity index (χ4v) is 4.77. The number of methoxy groups -OCH3 is 1. The normalized spacial score (nSPS) is 11.9. The molecule has 4 rings (SSSR count). The van der Waals surface area contributed by atoms with Crippen molar-refractivity contribution in [2.75, 3.05) is 17.1 Å². The summed E-state index contributed by atoms with van der Waals surface area (Å²) < 4.78 is 33.0. The van der Waals surface area contributed by atoms with Crippen LogP contribution >= 0.6 is 0 Å². The first-order valence-corrected chi connectivity index (χ1v) is 13.3. The molecular formula is C28H28N4O4S. The number of anilines is 2. The second-order valence-electron chi connectivity index (χ2n) is 8.40. The number of rotatable bonds is 12. The average molecular weight is 517 g/mol. The van der Waals surface area contributed by atoms with Crippen LogP contribution in [-0.4, -0.2) is 31.3 Å². The highest BCUT2D eigenvalue weighted by atomic mass is 32.2. The summed E-state index contributed by atoms with van der Waals surface area (Å²) in [6.45, 7) is 0. The van der Waals surface area contributed by atoms with Gasteiger partial charge in [0.05, 0.1) is 18.0 Å². The fourth-order valence-electron chi connectivity index (χ4n) is 3.81. The molecule has 0 fully saturated rings. The van der Waals surface area contributed by atoms with E-state index in [2.05, 4.69) is 20.0 Å². The number of hydrogen-bond acceptors (Lipinski definition) is 7. The van der Waals surface area contributed by atoms with Gasteiger partial charge in [-0.05, 0) is 60.0 Å². The molecule has 1 aromatic heterocycles. The summed E-state index contributed by atoms with van der Waals surface area (Å²) in [6, 6.07) is 25.1. The molecule has 0 aliphatic rings. The quantitative estimate of drug-likeness (QED) is 0.272. The van der Waals surface area contributed by atoms with Crippen LogP contribution in [0.1, 0.15) is 30.0 Å². The maximum atomic E-state index is 12.9. The van der Waals surface area contributed by atoms with E-state index in [4.69, 9.17) is 4.74 Å². The van der Waals surface area contributed by atoms with Gasteiger partial charge in [-0.2, -0.15) is 0 Å². The molecule has 0 amide bonds. The van der Waals surface area contributed by atoms with Crippen molar-refractivity contribution in [3.8, 4) is 5.75 Å². The van der Waals surface area contributed by atoms with Crippen LogP contribution in [0.2, 0.25) is 0 Å². The van der Waals surface area contributed by atoms with E-state index < -0.39 is 10.0 Å². The molecule has 0 saturated carbocycles. The summed E-state index contributed by atoms with van der Waals surface area (Å²) in [5.41, 5.74) is 2.73. The van der Waals surface area contributed by atoms with Crippen molar-refractivity contribution < 1.29 is 17.9 Å². The van der Waals surface area contributed by atoms with Gasteiger partial charge in [0.15, 0.2) is 0 Å². The molecular weight excluding hydrogens is 488 g/mol. The van der Waals surface area contributed by atoms with E-state index in [1.54, 1.807) is 25.3 Å². The Morgan fingerprint density at radius 1 is 0.892 bits per heavy atom. The highest BCUT2D eigenvalue weighted by Gasteiger charge is 2.19. The molecule has 190 valence electrons. The Bertz CT molecular complexity index is 1400. The molecule has 0 bridgehead atoms. The zero-order valence-corrected chi connectivity index (χ0v) is 21.2. The number of hydrogen-bond donors (Lipinski definition) is 2. The fraction of sp³-hybridized carbons (Fsp3) is 0.179. The maximum Gasteiger partial charge on any atom is 0.264 e. The number of sulfonamides is 1. The van der Waals surface area contributed by atoms with Crippen molar-refractivity contribution >= 4 is 27.4 Å². The number of aromatic nitrogens is 2. The topological polar surface area (TPSA) is 110 Å². The Kier molecular flexibility index (Phi) is 8.48. The summed E-state index contributed by atoms with van der Waals surface area (Å²) >= 11 is 0. The standard InChI is InChI=1S/C28H28N4O4S/c1-36-25-14-9-22(10-15-25)27(20-24(33)13-8-21-6-3-2-4-7-21)31-23-11-16-26(17-12-23)37(34,35)32-28-29-18-5-19-30-28/h2-7,9-12,14-19,27,31H,8,13,20H2,1H3,(H,29,30,32). The minimum Gasteiger partial charge on any atom is -0.497 e. The van der Waals surface area contributed by atoms with Gasteiger partial charge in [-0.3, -0.25) is 4.79 Å². The van der Waals surface area contributed by atoms with Gasteiger partial charge in [-0.15, -0.1) is 0 Å². The van der Waals surface area contributed by atoms with Crippen molar-refractivity contribution in [2.24, 2.45) is 0 Å². The molecule has 1 heterocycles. The molecule has 4 aromatic rings. The van der Waals surface area contributed by atoms with E-state index in [0.29, 0.717) is 18.5 Å². The van der Waals surface area contributed by atoms with Gasteiger partial charge < -0.3 is 10.1 Å². The molecule has 2 N–H and O–H groups in total. The second kappa shape index (κ2) is 12.1. The monoisotopic (exact) mass is 516 g/mol. The predicted octanol–water partition coefficient (Wildman–Crippen LogP) is 5.03. The molecule has 0 aliphatic carbocycles. The SMILES string of the molecule is COc1ccc(C(CC(=O)CCc2ccccc2)Nc2ccc(S(=O)(=O)Nc3ncccn3)cc2)cc1. The largest absolute Gasteiger partial charge is 0.497 e. The zero-order chi connectivity index (χ0) is 26.1. The Morgan fingerprint density at radius 2 is 1.57 bits per heavy atom. The lowest BCUT2D eigenvalue weighted by Crippen LogP contribution is -2.17. The number of aryl methyl sites for hydroxylation is 1. The Hall–Kier alpha value is -4.24. The van der Waals surface area contributed by atoms with Gasteiger partial charge in [0.2, 0.25) is 5.95 Å². The van der Waals surface area contributed by atoms with Crippen LogP contribution in [0, 0.1) is 0 Å². The highest BCUT2D eigenvalue weighted by molar-refractivity contribution is 7.92. The Balaban J connectivity index is 1.47. The number of Topliss-reactive ketones (excluding diaryl/α,β-unsaturated/α-hetero) is 1. The summed E-state index contributed by atoms with van der Waals surface area (Å²) in [4.78, 5) is 20.8. The van der Waals surface area contributed by atoms with Gasteiger partial charge in [0, 0.05) is 30.9 Å². The Morgan fingerprint density at radius 3 is 2.22 bits per heavy atom. The van der Waals surface area contributed by atoms with Gasteiger partial charge in [0.1, 0.15) is 11.5 Å². The lowest BCUT2D eigenvalue weighted by atomic mass is 9.97. The van der Waals surface area contributed by atoms with Gasteiger partial charge in [-0.25, -0.2) is 23.1 Å². The minimum absolute atomic E-state index is 0.00159. The van der Waals surface area contributed by atoms with Crippen LogP contribution in [-0.2, 0) is 21.2 Å². The number of nitrogens with zero attached hydrogens (tertiary/aromatic N) is 2. The van der Waals surface area contributed by atoms with E-state index in [1.165, 1.54) is 24.5 Å². The molecule has 8 nitrogen and oxygen atoms in total. The summed E-state index contributed by atoms with van der Waals surface area (Å²) in [5.74, 6) is 0.851. The van der Waals surface area contributed by atoms with E-state index in [0.717, 1.165) is 16.9 Å². The molecule has 0 aliphatic heterocycles. The minimum atomic E-state index is -3.84. The van der Waals surface area contributed by atoms with Crippen molar-refractivity contribution in [2.45, 2.75) is 30.2 Å². The third kappa shape index (κ3) is 7.37. The van der Waals surface area contributed by atoms with Crippen LogP contribution in [0.3, 0.4) is 0 Å². The number of ether oxygens (including phenoxy) is 1. The van der Waals surface area contributed by atoms with E-state index in [1.807, 2.05) is 54.6 Å². The van der Waals surface area contributed by atoms with Crippen LogP contribution < -0.4 is 14.8 Å². The highest BCUT2D eigenvalue weighted by Crippen LogP contribution is 2.27. The number of carbonyl (C=O) groups excluding carboxylic acids is 1. The van der Waals surface area contributed by atoms with Crippen molar-refractivity contribution in [3.63, 3.8) is 0 Å². The molecule has 3 aromatic carbocycles. The average Bonchev–Trinajstić information content (AvgIpc) is 2.93. The first kappa shape index (κ1) is 25.8. The van der Waals surface area contributed by atoms with E-state index in [-0.39, 0.29) is 29.1 Å². The number of benzene rings is 3. The molecule has 37 heavy (non-hydrogen) atoms. The third-order valence-electron chi connectivity index (χ3n) is 5.78. The molecule has 1 atom stereocenters. The molecule has 0 spiro atoms. The predicted molar refractivity (Wildman–Crippen MR) is 143 cm³/mol. The van der Waals surface area contributed by atoms with Gasteiger partial charge in [-0.1, -0.05) is 42.5 Å². The van der Waals surface area contributed by atoms with Crippen LogP contribution in [0.15, 0.2) is 102 Å². The third-order valence-corrected chi connectivity index (χ3v) is 7.13. The summed E-state index contributed by atoms with van der Waals surface area (Å²) in [7, 11) is -2.24. The smallest absolute Gasteiger partial charge is 0.264 e. The van der Waals surface area contributed by atoms with E-state index in [9.17, 15) is 13.2 Å². The van der Waals surface area contributed by atoms with Crippen LogP contribution in [0.5, 0.6) is 5.75 Å². The summed E-state index contributed by atoms with van der Waals surface area (Å²) in [6.07, 6.45) is 4.31. The van der Waals surface area contributed by atoms with Crippen molar-refractivity contribution in [3.05, 3.63) is 108 Å². The summed E-state index contributed by atoms with van der Waals surface area (Å²) in [5, 5.41) is 3.39. The first-order valence-electron chi connectivity index (χ1n) is 11.8. The lowest BCUT2D eigenvalue weighted by Gasteiger charge is -2.21. The number of ketones is 1. The maximum absolute atomic E-state index is 12.9. The Labute approximate surface area is 216 Å².